The number of nitrogens with one attached hydrogen (secondary N) is 1. The Morgan fingerprint density at radius 1 is 1.38 bits per heavy atom. The lowest BCUT2D eigenvalue weighted by Crippen LogP contribution is -2.53. The maximum absolute atomic E-state index is 11.0. The quantitative estimate of drug-likeness (QED) is 0.675. The zero-order valence-electron chi connectivity index (χ0n) is 8.14. The predicted molar refractivity (Wildman–Crippen MR) is 49.5 cm³/mol. The van der Waals surface area contributed by atoms with Gasteiger partial charge in [-0.1, -0.05) is 12.8 Å². The highest BCUT2D eigenvalue weighted by atomic mass is 16.5. The topological polar surface area (TPSA) is 38.3 Å². The fourth-order valence-corrected chi connectivity index (χ4v) is 2.80. The molecule has 0 bridgehead atoms. The molecule has 0 aromatic rings. The summed E-state index contributed by atoms with van der Waals surface area (Å²) in [6, 6.07) is 0.391. The lowest BCUT2D eigenvalue weighted by Gasteiger charge is -2.47. The van der Waals surface area contributed by atoms with E-state index in [0.29, 0.717) is 11.5 Å². The standard InChI is InChI=1S/C10H17NO2/c1-13-9(12)11-8-4-7-10(8)5-2-3-6-10/h8H,2-7H2,1H3,(H,11,12). The molecule has 13 heavy (non-hydrogen) atoms. The Morgan fingerprint density at radius 2 is 2.08 bits per heavy atom. The Bertz CT molecular complexity index is 209. The zero-order chi connectivity index (χ0) is 9.31. The molecule has 2 saturated carbocycles. The Hall–Kier alpha value is -0.730. The molecule has 1 amide bonds. The van der Waals surface area contributed by atoms with Crippen molar-refractivity contribution in [2.75, 3.05) is 7.11 Å². The molecule has 1 unspecified atom stereocenters. The highest BCUT2D eigenvalue weighted by Gasteiger charge is 2.48. The van der Waals surface area contributed by atoms with E-state index in [0.717, 1.165) is 6.42 Å². The summed E-state index contributed by atoms with van der Waals surface area (Å²) >= 11 is 0. The molecular weight excluding hydrogens is 166 g/mol. The van der Waals surface area contributed by atoms with Crippen molar-refractivity contribution in [3.63, 3.8) is 0 Å². The summed E-state index contributed by atoms with van der Waals surface area (Å²) in [5.41, 5.74) is 0.453. The molecule has 0 aromatic heterocycles. The number of carbonyl (C=O) groups is 1. The van der Waals surface area contributed by atoms with Gasteiger partial charge in [0, 0.05) is 6.04 Å². The minimum Gasteiger partial charge on any atom is -0.453 e. The van der Waals surface area contributed by atoms with Gasteiger partial charge in [-0.2, -0.15) is 0 Å². The molecule has 74 valence electrons. The number of ether oxygens (including phenoxy) is 1. The molecule has 1 atom stereocenters. The van der Waals surface area contributed by atoms with Gasteiger partial charge < -0.3 is 10.1 Å². The molecule has 3 heteroatoms. The molecule has 0 radical (unpaired) electrons. The summed E-state index contributed by atoms with van der Waals surface area (Å²) in [7, 11) is 1.43. The smallest absolute Gasteiger partial charge is 0.407 e. The van der Waals surface area contributed by atoms with Crippen LogP contribution < -0.4 is 5.32 Å². The van der Waals surface area contributed by atoms with Crippen molar-refractivity contribution in [3.8, 4) is 0 Å². The lowest BCUT2D eigenvalue weighted by atomic mass is 9.63. The molecule has 1 N–H and O–H groups in total. The molecule has 2 fully saturated rings. The largest absolute Gasteiger partial charge is 0.453 e. The number of methoxy groups -OCH3 is 1. The summed E-state index contributed by atoms with van der Waals surface area (Å²) in [5, 5.41) is 2.94. The number of rotatable bonds is 1. The van der Waals surface area contributed by atoms with Crippen molar-refractivity contribution >= 4 is 6.09 Å². The second-order valence-corrected chi connectivity index (χ2v) is 4.30. The van der Waals surface area contributed by atoms with Crippen LogP contribution in [0.4, 0.5) is 4.79 Å². The fourth-order valence-electron chi connectivity index (χ4n) is 2.80. The number of amides is 1. The summed E-state index contributed by atoms with van der Waals surface area (Å²) in [6.45, 7) is 0. The van der Waals surface area contributed by atoms with E-state index in [9.17, 15) is 4.79 Å². The van der Waals surface area contributed by atoms with Crippen molar-refractivity contribution < 1.29 is 9.53 Å². The minimum absolute atomic E-state index is 0.268. The van der Waals surface area contributed by atoms with Gasteiger partial charge in [0.15, 0.2) is 0 Å². The van der Waals surface area contributed by atoms with Crippen LogP contribution in [0.3, 0.4) is 0 Å². The summed E-state index contributed by atoms with van der Waals surface area (Å²) < 4.78 is 4.61. The fraction of sp³-hybridized carbons (Fsp3) is 0.900. The Morgan fingerprint density at radius 3 is 2.54 bits per heavy atom. The van der Waals surface area contributed by atoms with E-state index >= 15 is 0 Å². The first-order valence-corrected chi connectivity index (χ1v) is 5.11. The van der Waals surface area contributed by atoms with Gasteiger partial charge in [0.05, 0.1) is 7.11 Å². The SMILES string of the molecule is COC(=O)NC1CCC12CCCC2. The third kappa shape index (κ3) is 1.40. The van der Waals surface area contributed by atoms with E-state index in [1.54, 1.807) is 0 Å². The molecule has 2 rings (SSSR count). The van der Waals surface area contributed by atoms with Crippen molar-refractivity contribution in [2.24, 2.45) is 5.41 Å². The van der Waals surface area contributed by atoms with E-state index in [4.69, 9.17) is 0 Å². The second-order valence-electron chi connectivity index (χ2n) is 4.30. The number of hydrogen-bond acceptors (Lipinski definition) is 2. The van der Waals surface area contributed by atoms with Gasteiger partial charge in [-0.15, -0.1) is 0 Å². The van der Waals surface area contributed by atoms with Crippen LogP contribution >= 0.6 is 0 Å². The van der Waals surface area contributed by atoms with Crippen LogP contribution in [0, 0.1) is 5.41 Å². The predicted octanol–water partition coefficient (Wildman–Crippen LogP) is 2.07. The molecule has 0 heterocycles. The maximum Gasteiger partial charge on any atom is 0.407 e. The molecule has 0 aliphatic heterocycles. The maximum atomic E-state index is 11.0. The van der Waals surface area contributed by atoms with E-state index in [2.05, 4.69) is 10.1 Å². The van der Waals surface area contributed by atoms with Gasteiger partial charge >= 0.3 is 6.09 Å². The van der Waals surface area contributed by atoms with Crippen LogP contribution in [0.15, 0.2) is 0 Å². The average molecular weight is 183 g/mol. The van der Waals surface area contributed by atoms with E-state index in [1.807, 2.05) is 0 Å². The summed E-state index contributed by atoms with van der Waals surface area (Å²) in [5.74, 6) is 0. The number of carbonyl (C=O) groups excluding carboxylic acids is 1. The normalized spacial score (nSPS) is 29.8. The zero-order valence-corrected chi connectivity index (χ0v) is 8.14. The van der Waals surface area contributed by atoms with Gasteiger partial charge in [-0.3, -0.25) is 0 Å². The lowest BCUT2D eigenvalue weighted by molar-refractivity contribution is 0.0669. The highest BCUT2D eigenvalue weighted by Crippen LogP contribution is 2.53. The summed E-state index contributed by atoms with van der Waals surface area (Å²) in [6.07, 6.45) is 7.41. The van der Waals surface area contributed by atoms with Crippen molar-refractivity contribution in [1.82, 2.24) is 5.32 Å². The van der Waals surface area contributed by atoms with Crippen LogP contribution in [-0.4, -0.2) is 19.2 Å². The molecule has 3 nitrogen and oxygen atoms in total. The third-order valence-electron chi connectivity index (χ3n) is 3.75. The molecule has 1 spiro atoms. The number of alkyl carbamates (subject to hydrolysis) is 1. The van der Waals surface area contributed by atoms with Crippen LogP contribution in [0.25, 0.3) is 0 Å². The van der Waals surface area contributed by atoms with Crippen molar-refractivity contribution in [3.05, 3.63) is 0 Å². The molecule has 2 aliphatic rings. The van der Waals surface area contributed by atoms with Gasteiger partial charge in [0.1, 0.15) is 0 Å². The van der Waals surface area contributed by atoms with E-state index in [-0.39, 0.29) is 6.09 Å². The van der Waals surface area contributed by atoms with Gasteiger partial charge in [0.25, 0.3) is 0 Å². The monoisotopic (exact) mass is 183 g/mol. The molecular formula is C10H17NO2. The first-order valence-electron chi connectivity index (χ1n) is 5.11. The first-order chi connectivity index (χ1) is 6.27. The van der Waals surface area contributed by atoms with Crippen molar-refractivity contribution in [2.45, 2.75) is 44.6 Å². The van der Waals surface area contributed by atoms with Gasteiger partial charge in [-0.05, 0) is 31.1 Å². The van der Waals surface area contributed by atoms with Crippen LogP contribution in [0.2, 0.25) is 0 Å². The third-order valence-corrected chi connectivity index (χ3v) is 3.75. The van der Waals surface area contributed by atoms with Gasteiger partial charge in [-0.25, -0.2) is 4.79 Å². The Kier molecular flexibility index (Phi) is 2.18. The minimum atomic E-state index is -0.268. The van der Waals surface area contributed by atoms with Crippen LogP contribution in [0.1, 0.15) is 38.5 Å². The molecule has 2 aliphatic carbocycles. The molecule has 0 aromatic carbocycles. The second kappa shape index (κ2) is 3.20. The average Bonchev–Trinajstić information content (AvgIpc) is 2.62. The highest BCUT2D eigenvalue weighted by molar-refractivity contribution is 5.67. The van der Waals surface area contributed by atoms with E-state index < -0.39 is 0 Å². The van der Waals surface area contributed by atoms with Crippen LogP contribution in [0.5, 0.6) is 0 Å². The molecule has 0 saturated heterocycles. The summed E-state index contributed by atoms with van der Waals surface area (Å²) in [4.78, 5) is 11.0. The Balaban J connectivity index is 1.90. The number of hydrogen-bond donors (Lipinski definition) is 1. The van der Waals surface area contributed by atoms with Crippen molar-refractivity contribution in [1.29, 1.82) is 0 Å². The van der Waals surface area contributed by atoms with E-state index in [1.165, 1.54) is 39.2 Å². The Labute approximate surface area is 78.8 Å². The van der Waals surface area contributed by atoms with Crippen LogP contribution in [-0.2, 0) is 4.74 Å². The first kappa shape index (κ1) is 8.85. The van der Waals surface area contributed by atoms with Gasteiger partial charge in [0.2, 0.25) is 0 Å².